The number of rotatable bonds is 4. The van der Waals surface area contributed by atoms with Gasteiger partial charge in [-0.25, -0.2) is 4.98 Å². The summed E-state index contributed by atoms with van der Waals surface area (Å²) in [6.45, 7) is 7.05. The highest BCUT2D eigenvalue weighted by Crippen LogP contribution is 2.29. The molecular weight excluding hydrogens is 272 g/mol. The van der Waals surface area contributed by atoms with Crippen molar-refractivity contribution in [3.63, 3.8) is 0 Å². The molecule has 1 aromatic rings. The summed E-state index contributed by atoms with van der Waals surface area (Å²) in [5, 5.41) is 3.93. The van der Waals surface area contributed by atoms with E-state index >= 15 is 0 Å². The number of hydrogen-bond acceptors (Lipinski definition) is 5. The van der Waals surface area contributed by atoms with Crippen LogP contribution in [0.3, 0.4) is 0 Å². The number of anilines is 2. The summed E-state index contributed by atoms with van der Waals surface area (Å²) in [6.07, 6.45) is 4.39. The van der Waals surface area contributed by atoms with Crippen LogP contribution >= 0.6 is 11.3 Å². The summed E-state index contributed by atoms with van der Waals surface area (Å²) in [5.74, 6) is 0.395. The van der Waals surface area contributed by atoms with Crippen molar-refractivity contribution < 1.29 is 4.79 Å². The maximum absolute atomic E-state index is 12.7. The Kier molecular flexibility index (Phi) is 4.86. The maximum Gasteiger partial charge on any atom is 0.268 e. The summed E-state index contributed by atoms with van der Waals surface area (Å²) >= 11 is 1.36. The van der Waals surface area contributed by atoms with Gasteiger partial charge in [0.2, 0.25) is 0 Å². The Balaban J connectivity index is 2.17. The summed E-state index contributed by atoms with van der Waals surface area (Å²) in [7, 11) is 0. The van der Waals surface area contributed by atoms with E-state index in [0.717, 1.165) is 30.9 Å². The van der Waals surface area contributed by atoms with Crippen molar-refractivity contribution in [1.82, 2.24) is 9.88 Å². The number of nitrogen functional groups attached to an aromatic ring is 1. The molecule has 1 aliphatic heterocycles. The average Bonchev–Trinajstić information content (AvgIpc) is 2.77. The molecule has 2 heterocycles. The molecule has 0 radical (unpaired) electrons. The first-order chi connectivity index (χ1) is 9.52. The molecule has 1 aliphatic rings. The van der Waals surface area contributed by atoms with Crippen molar-refractivity contribution in [2.75, 3.05) is 17.6 Å². The topological polar surface area (TPSA) is 71.2 Å². The van der Waals surface area contributed by atoms with Gasteiger partial charge in [-0.1, -0.05) is 18.3 Å². The number of nitrogens with one attached hydrogen (secondary N) is 1. The molecule has 1 aromatic heterocycles. The zero-order valence-electron chi connectivity index (χ0n) is 12.5. The fourth-order valence-electron chi connectivity index (χ4n) is 2.62. The Hall–Kier alpha value is -1.30. The van der Waals surface area contributed by atoms with Crippen LogP contribution in [0.1, 0.15) is 56.1 Å². The molecule has 1 atom stereocenters. The minimum absolute atomic E-state index is 0.0448. The highest BCUT2D eigenvalue weighted by molar-refractivity contribution is 7.18. The van der Waals surface area contributed by atoms with Crippen molar-refractivity contribution in [1.29, 1.82) is 0 Å². The minimum Gasteiger partial charge on any atom is -0.382 e. The van der Waals surface area contributed by atoms with Crippen LogP contribution in [-0.2, 0) is 0 Å². The molecule has 0 bridgehead atoms. The quantitative estimate of drug-likeness (QED) is 0.896. The molecule has 3 N–H and O–H groups in total. The van der Waals surface area contributed by atoms with Gasteiger partial charge in [-0.15, -0.1) is 0 Å². The Bertz CT molecular complexity index is 472. The van der Waals surface area contributed by atoms with Gasteiger partial charge in [0.1, 0.15) is 10.7 Å². The monoisotopic (exact) mass is 296 g/mol. The standard InChI is InChI=1S/C14H24N4OS/c1-4-10-7-5-6-8-18(10)13(19)11-12(15)17-14(20-11)16-9(2)3/h9-10H,4-8,15H2,1-3H3,(H,16,17). The lowest BCUT2D eigenvalue weighted by Gasteiger charge is -2.34. The van der Waals surface area contributed by atoms with Crippen molar-refractivity contribution in [3.05, 3.63) is 4.88 Å². The van der Waals surface area contributed by atoms with Crippen LogP contribution in [0.5, 0.6) is 0 Å². The summed E-state index contributed by atoms with van der Waals surface area (Å²) in [4.78, 5) is 19.5. The van der Waals surface area contributed by atoms with E-state index in [1.165, 1.54) is 17.8 Å². The van der Waals surface area contributed by atoms with E-state index in [1.807, 2.05) is 18.7 Å². The number of aromatic nitrogens is 1. The predicted molar refractivity (Wildman–Crippen MR) is 84.3 cm³/mol. The number of nitrogens with two attached hydrogens (primary N) is 1. The van der Waals surface area contributed by atoms with Crippen molar-refractivity contribution >= 4 is 28.2 Å². The number of piperidine rings is 1. The smallest absolute Gasteiger partial charge is 0.268 e. The average molecular weight is 296 g/mol. The Morgan fingerprint density at radius 1 is 1.55 bits per heavy atom. The van der Waals surface area contributed by atoms with Gasteiger partial charge >= 0.3 is 0 Å². The van der Waals surface area contributed by atoms with Crippen LogP contribution in [0.15, 0.2) is 0 Å². The van der Waals surface area contributed by atoms with Gasteiger partial charge in [0.15, 0.2) is 5.13 Å². The van der Waals surface area contributed by atoms with E-state index in [1.54, 1.807) is 0 Å². The van der Waals surface area contributed by atoms with Gasteiger partial charge in [-0.3, -0.25) is 4.79 Å². The highest BCUT2D eigenvalue weighted by Gasteiger charge is 2.29. The largest absolute Gasteiger partial charge is 0.382 e. The molecule has 0 aromatic carbocycles. The third kappa shape index (κ3) is 3.23. The molecule has 6 heteroatoms. The molecular formula is C14H24N4OS. The summed E-state index contributed by atoms with van der Waals surface area (Å²) < 4.78 is 0. The molecule has 20 heavy (non-hydrogen) atoms. The van der Waals surface area contributed by atoms with E-state index < -0.39 is 0 Å². The Morgan fingerprint density at radius 3 is 2.95 bits per heavy atom. The zero-order chi connectivity index (χ0) is 14.7. The molecule has 0 aliphatic carbocycles. The minimum atomic E-state index is 0.0448. The SMILES string of the molecule is CCC1CCCCN1C(=O)c1sc(NC(C)C)nc1N. The number of thiazole rings is 1. The lowest BCUT2D eigenvalue weighted by Crippen LogP contribution is -2.43. The molecule has 1 unspecified atom stereocenters. The molecule has 5 nitrogen and oxygen atoms in total. The van der Waals surface area contributed by atoms with Crippen molar-refractivity contribution in [2.45, 2.75) is 58.5 Å². The normalized spacial score (nSPS) is 19.4. The molecule has 1 fully saturated rings. The summed E-state index contributed by atoms with van der Waals surface area (Å²) in [6, 6.07) is 0.626. The van der Waals surface area contributed by atoms with Crippen LogP contribution in [0.2, 0.25) is 0 Å². The van der Waals surface area contributed by atoms with E-state index in [-0.39, 0.29) is 11.9 Å². The zero-order valence-corrected chi connectivity index (χ0v) is 13.3. The van der Waals surface area contributed by atoms with Crippen LogP contribution < -0.4 is 11.1 Å². The number of nitrogens with zero attached hydrogens (tertiary/aromatic N) is 2. The number of amides is 1. The fraction of sp³-hybridized carbons (Fsp3) is 0.714. The van der Waals surface area contributed by atoms with Gasteiger partial charge in [0.25, 0.3) is 5.91 Å². The van der Waals surface area contributed by atoms with Crippen LogP contribution in [-0.4, -0.2) is 34.4 Å². The Morgan fingerprint density at radius 2 is 2.30 bits per heavy atom. The van der Waals surface area contributed by atoms with E-state index in [2.05, 4.69) is 17.2 Å². The van der Waals surface area contributed by atoms with Crippen LogP contribution in [0.25, 0.3) is 0 Å². The number of likely N-dealkylation sites (tertiary alicyclic amines) is 1. The number of hydrogen-bond donors (Lipinski definition) is 2. The van der Waals surface area contributed by atoms with E-state index in [4.69, 9.17) is 5.73 Å². The third-order valence-corrected chi connectivity index (χ3v) is 4.61. The highest BCUT2D eigenvalue weighted by atomic mass is 32.1. The van der Waals surface area contributed by atoms with Gasteiger partial charge in [-0.2, -0.15) is 0 Å². The van der Waals surface area contributed by atoms with Crippen LogP contribution in [0, 0.1) is 0 Å². The third-order valence-electron chi connectivity index (χ3n) is 3.62. The second-order valence-electron chi connectivity index (χ2n) is 5.59. The van der Waals surface area contributed by atoms with E-state index in [9.17, 15) is 4.79 Å². The van der Waals surface area contributed by atoms with Crippen LogP contribution in [0.4, 0.5) is 10.9 Å². The second-order valence-corrected chi connectivity index (χ2v) is 6.59. The first-order valence-electron chi connectivity index (χ1n) is 7.36. The molecule has 0 spiro atoms. The first kappa shape index (κ1) is 15.1. The lowest BCUT2D eigenvalue weighted by molar-refractivity contribution is 0.0614. The molecule has 1 amide bonds. The van der Waals surface area contributed by atoms with Crippen molar-refractivity contribution in [3.8, 4) is 0 Å². The lowest BCUT2D eigenvalue weighted by atomic mass is 10.00. The number of carbonyl (C=O) groups excluding carboxylic acids is 1. The second kappa shape index (κ2) is 6.43. The van der Waals surface area contributed by atoms with E-state index in [0.29, 0.717) is 16.7 Å². The molecule has 112 valence electrons. The van der Waals surface area contributed by atoms with Crippen molar-refractivity contribution in [2.24, 2.45) is 0 Å². The first-order valence-corrected chi connectivity index (χ1v) is 8.18. The molecule has 2 rings (SSSR count). The molecule has 1 saturated heterocycles. The fourth-order valence-corrected chi connectivity index (χ4v) is 3.60. The summed E-state index contributed by atoms with van der Waals surface area (Å²) in [5.41, 5.74) is 5.92. The number of carbonyl (C=O) groups is 1. The van der Waals surface area contributed by atoms with Gasteiger partial charge < -0.3 is 16.0 Å². The molecule has 0 saturated carbocycles. The predicted octanol–water partition coefficient (Wildman–Crippen LogP) is 2.95. The Labute approximate surface area is 124 Å². The van der Waals surface area contributed by atoms with Gasteiger partial charge in [0, 0.05) is 18.6 Å². The van der Waals surface area contributed by atoms with Gasteiger partial charge in [-0.05, 0) is 39.5 Å². The van der Waals surface area contributed by atoms with Gasteiger partial charge in [0.05, 0.1) is 0 Å². The maximum atomic E-state index is 12.7.